The first kappa shape index (κ1) is 14.7. The van der Waals surface area contributed by atoms with Crippen LogP contribution in [0.2, 0.25) is 0 Å². The van der Waals surface area contributed by atoms with Crippen LogP contribution in [0.1, 0.15) is 28.4 Å². The van der Waals surface area contributed by atoms with Crippen LogP contribution in [-0.4, -0.2) is 22.3 Å². The Morgan fingerprint density at radius 2 is 1.95 bits per heavy atom. The molecule has 1 amide bonds. The summed E-state index contributed by atoms with van der Waals surface area (Å²) in [5, 5.41) is 0. The van der Waals surface area contributed by atoms with Crippen LogP contribution < -0.4 is 0 Å². The maximum absolute atomic E-state index is 12.6. The van der Waals surface area contributed by atoms with Crippen molar-refractivity contribution in [1.29, 1.82) is 0 Å². The normalized spacial score (nSPS) is 10.3. The Labute approximate surface area is 127 Å². The maximum Gasteiger partial charge on any atom is 0.254 e. The fraction of sp³-hybridized carbons (Fsp3) is 0.250. The van der Waals surface area contributed by atoms with Gasteiger partial charge >= 0.3 is 0 Å². The molecule has 4 heteroatoms. The fourth-order valence-electron chi connectivity index (χ4n) is 2.03. The van der Waals surface area contributed by atoms with Crippen molar-refractivity contribution in [2.24, 2.45) is 0 Å². The lowest BCUT2D eigenvalue weighted by Crippen LogP contribution is -2.30. The van der Waals surface area contributed by atoms with Gasteiger partial charge in [0.15, 0.2) is 0 Å². The first-order chi connectivity index (χ1) is 9.61. The van der Waals surface area contributed by atoms with E-state index in [2.05, 4.69) is 20.9 Å². The number of carbonyl (C=O) groups is 1. The van der Waals surface area contributed by atoms with E-state index in [0.717, 1.165) is 21.2 Å². The maximum atomic E-state index is 12.6. The molecule has 2 aromatic rings. The van der Waals surface area contributed by atoms with E-state index in [4.69, 9.17) is 0 Å². The quantitative estimate of drug-likeness (QED) is 0.852. The lowest BCUT2D eigenvalue weighted by Gasteiger charge is -2.22. The minimum atomic E-state index is 0.0584. The zero-order chi connectivity index (χ0) is 14.5. The minimum absolute atomic E-state index is 0.0584. The van der Waals surface area contributed by atoms with Crippen molar-refractivity contribution < 1.29 is 4.79 Å². The number of hydrogen-bond acceptors (Lipinski definition) is 2. The van der Waals surface area contributed by atoms with Crippen molar-refractivity contribution in [3.63, 3.8) is 0 Å². The Bertz CT molecular complexity index is 599. The molecule has 0 saturated carbocycles. The van der Waals surface area contributed by atoms with E-state index in [1.807, 2.05) is 49.1 Å². The number of aromatic nitrogens is 1. The van der Waals surface area contributed by atoms with Gasteiger partial charge in [0.2, 0.25) is 0 Å². The number of carbonyl (C=O) groups excluding carboxylic acids is 1. The molecule has 0 unspecified atom stereocenters. The van der Waals surface area contributed by atoms with Gasteiger partial charge in [-0.15, -0.1) is 0 Å². The number of amides is 1. The Hall–Kier alpha value is -1.68. The summed E-state index contributed by atoms with van der Waals surface area (Å²) in [7, 11) is 0. The first-order valence-electron chi connectivity index (χ1n) is 6.56. The van der Waals surface area contributed by atoms with Gasteiger partial charge in [-0.05, 0) is 49.2 Å². The number of rotatable bonds is 4. The summed E-state index contributed by atoms with van der Waals surface area (Å²) in [6.45, 7) is 5.23. The number of benzene rings is 1. The fourth-order valence-corrected chi connectivity index (χ4v) is 2.39. The molecular formula is C16H17BrN2O. The lowest BCUT2D eigenvalue weighted by atomic mass is 10.1. The highest BCUT2D eigenvalue weighted by molar-refractivity contribution is 9.10. The van der Waals surface area contributed by atoms with Gasteiger partial charge in [-0.1, -0.05) is 22.0 Å². The van der Waals surface area contributed by atoms with Crippen molar-refractivity contribution in [2.45, 2.75) is 20.4 Å². The Kier molecular flexibility index (Phi) is 4.90. The Morgan fingerprint density at radius 1 is 1.25 bits per heavy atom. The highest BCUT2D eigenvalue weighted by Gasteiger charge is 2.16. The van der Waals surface area contributed by atoms with E-state index < -0.39 is 0 Å². The molecule has 1 aromatic carbocycles. The topological polar surface area (TPSA) is 33.2 Å². The van der Waals surface area contributed by atoms with Crippen LogP contribution in [0.4, 0.5) is 0 Å². The molecule has 0 aliphatic rings. The minimum Gasteiger partial charge on any atom is -0.335 e. The molecule has 0 radical (unpaired) electrons. The lowest BCUT2D eigenvalue weighted by molar-refractivity contribution is 0.0751. The average Bonchev–Trinajstić information content (AvgIpc) is 2.47. The number of nitrogens with zero attached hydrogens (tertiary/aromatic N) is 2. The van der Waals surface area contributed by atoms with Gasteiger partial charge in [0.25, 0.3) is 5.91 Å². The summed E-state index contributed by atoms with van der Waals surface area (Å²) >= 11 is 3.42. The van der Waals surface area contributed by atoms with Gasteiger partial charge in [0.05, 0.1) is 0 Å². The summed E-state index contributed by atoms with van der Waals surface area (Å²) in [6.07, 6.45) is 3.50. The first-order valence-corrected chi connectivity index (χ1v) is 7.35. The van der Waals surface area contributed by atoms with Crippen LogP contribution >= 0.6 is 15.9 Å². The van der Waals surface area contributed by atoms with Crippen LogP contribution in [0.3, 0.4) is 0 Å². The van der Waals surface area contributed by atoms with E-state index in [0.29, 0.717) is 13.1 Å². The second kappa shape index (κ2) is 6.66. The highest BCUT2D eigenvalue weighted by atomic mass is 79.9. The predicted molar refractivity (Wildman–Crippen MR) is 83.5 cm³/mol. The highest BCUT2D eigenvalue weighted by Crippen LogP contribution is 2.18. The molecule has 0 fully saturated rings. The van der Waals surface area contributed by atoms with Crippen molar-refractivity contribution in [3.05, 3.63) is 63.9 Å². The number of hydrogen-bond donors (Lipinski definition) is 0. The summed E-state index contributed by atoms with van der Waals surface area (Å²) in [5.41, 5.74) is 2.82. The van der Waals surface area contributed by atoms with Crippen LogP contribution in [0.5, 0.6) is 0 Å². The third kappa shape index (κ3) is 3.45. The second-order valence-corrected chi connectivity index (χ2v) is 5.55. The Morgan fingerprint density at radius 3 is 2.60 bits per heavy atom. The molecular weight excluding hydrogens is 316 g/mol. The summed E-state index contributed by atoms with van der Waals surface area (Å²) in [4.78, 5) is 18.5. The van der Waals surface area contributed by atoms with E-state index in [-0.39, 0.29) is 5.91 Å². The number of pyridine rings is 1. The third-order valence-corrected chi connectivity index (χ3v) is 3.72. The van der Waals surface area contributed by atoms with Crippen molar-refractivity contribution in [1.82, 2.24) is 9.88 Å². The molecule has 2 rings (SSSR count). The zero-order valence-electron chi connectivity index (χ0n) is 11.6. The van der Waals surface area contributed by atoms with Crippen LogP contribution in [0, 0.1) is 6.92 Å². The number of aryl methyl sites for hydroxylation is 1. The molecule has 3 nitrogen and oxygen atoms in total. The molecule has 20 heavy (non-hydrogen) atoms. The molecule has 1 heterocycles. The molecule has 1 aromatic heterocycles. The van der Waals surface area contributed by atoms with E-state index in [1.54, 1.807) is 12.4 Å². The van der Waals surface area contributed by atoms with Crippen molar-refractivity contribution in [3.8, 4) is 0 Å². The van der Waals surface area contributed by atoms with Crippen molar-refractivity contribution >= 4 is 21.8 Å². The zero-order valence-corrected chi connectivity index (χ0v) is 13.2. The monoisotopic (exact) mass is 332 g/mol. The molecule has 0 bridgehead atoms. The largest absolute Gasteiger partial charge is 0.335 e. The van der Waals surface area contributed by atoms with Crippen LogP contribution in [0.25, 0.3) is 0 Å². The second-order valence-electron chi connectivity index (χ2n) is 4.63. The van der Waals surface area contributed by atoms with Gasteiger partial charge in [-0.2, -0.15) is 0 Å². The molecule has 104 valence electrons. The predicted octanol–water partition coefficient (Wildman–Crippen LogP) is 3.81. The van der Waals surface area contributed by atoms with Crippen LogP contribution in [0.15, 0.2) is 47.2 Å². The summed E-state index contributed by atoms with van der Waals surface area (Å²) in [5.74, 6) is 0.0584. The molecule has 0 aliphatic carbocycles. The van der Waals surface area contributed by atoms with Gasteiger partial charge < -0.3 is 4.90 Å². The Balaban J connectivity index is 2.23. The van der Waals surface area contributed by atoms with E-state index in [9.17, 15) is 4.79 Å². The van der Waals surface area contributed by atoms with Crippen molar-refractivity contribution in [2.75, 3.05) is 6.54 Å². The molecule has 0 spiro atoms. The van der Waals surface area contributed by atoms with E-state index >= 15 is 0 Å². The van der Waals surface area contributed by atoms with Crippen LogP contribution in [-0.2, 0) is 6.54 Å². The summed E-state index contributed by atoms with van der Waals surface area (Å²) < 4.78 is 0.923. The van der Waals surface area contributed by atoms with Gasteiger partial charge in [0.1, 0.15) is 0 Å². The summed E-state index contributed by atoms with van der Waals surface area (Å²) in [6, 6.07) is 9.66. The smallest absolute Gasteiger partial charge is 0.254 e. The van der Waals surface area contributed by atoms with Gasteiger partial charge in [-0.25, -0.2) is 0 Å². The van der Waals surface area contributed by atoms with E-state index in [1.165, 1.54) is 0 Å². The number of halogens is 1. The van der Waals surface area contributed by atoms with Gasteiger partial charge in [0, 0.05) is 35.5 Å². The standard InChI is InChI=1S/C16H17BrN2O/c1-3-19(11-13-6-8-18-9-7-13)16(20)15-10-14(17)5-4-12(15)2/h4-10H,3,11H2,1-2H3. The van der Waals surface area contributed by atoms with Gasteiger partial charge in [-0.3, -0.25) is 9.78 Å². The third-order valence-electron chi connectivity index (χ3n) is 3.22. The molecule has 0 aliphatic heterocycles. The SMILES string of the molecule is CCN(Cc1ccncc1)C(=O)c1cc(Br)ccc1C. The average molecular weight is 333 g/mol. The molecule has 0 atom stereocenters. The molecule has 0 N–H and O–H groups in total. The molecule has 0 saturated heterocycles.